The second kappa shape index (κ2) is 5.13. The number of amides is 1. The Hall–Kier alpha value is -3.08. The van der Waals surface area contributed by atoms with E-state index in [0.29, 0.717) is 11.3 Å². The predicted molar refractivity (Wildman–Crippen MR) is 84.4 cm³/mol. The van der Waals surface area contributed by atoms with Crippen LogP contribution in [0.4, 0.5) is 17.1 Å². The van der Waals surface area contributed by atoms with E-state index in [9.17, 15) is 4.79 Å². The van der Waals surface area contributed by atoms with Gasteiger partial charge in [0.2, 0.25) is 5.91 Å². The second-order valence-corrected chi connectivity index (χ2v) is 4.69. The lowest BCUT2D eigenvalue weighted by Gasteiger charge is -2.12. The third-order valence-corrected chi connectivity index (χ3v) is 3.29. The number of hydrogen-bond donors (Lipinski definition) is 3. The summed E-state index contributed by atoms with van der Waals surface area (Å²) in [6.45, 7) is 0. The quantitative estimate of drug-likeness (QED) is 0.642. The van der Waals surface area contributed by atoms with Gasteiger partial charge in [-0.2, -0.15) is 0 Å². The van der Waals surface area contributed by atoms with Crippen molar-refractivity contribution in [2.75, 3.05) is 11.1 Å². The van der Waals surface area contributed by atoms with E-state index in [1.54, 1.807) is 30.6 Å². The van der Waals surface area contributed by atoms with Gasteiger partial charge in [0.05, 0.1) is 11.4 Å². The highest BCUT2D eigenvalue weighted by molar-refractivity contribution is 5.97. The van der Waals surface area contributed by atoms with Gasteiger partial charge in [0, 0.05) is 34.4 Å². The van der Waals surface area contributed by atoms with Gasteiger partial charge in [-0.1, -0.05) is 12.1 Å². The molecule has 5 heteroatoms. The van der Waals surface area contributed by atoms with E-state index in [1.807, 2.05) is 24.3 Å². The van der Waals surface area contributed by atoms with Crippen molar-refractivity contribution >= 4 is 33.7 Å². The molecule has 1 heterocycles. The molecule has 0 radical (unpaired) electrons. The smallest absolute Gasteiger partial charge is 0.248 e. The SMILES string of the molecule is NC(=O)c1ccc(Nc2cccc3cnccc23)c(N)c1. The van der Waals surface area contributed by atoms with Crippen LogP contribution in [0.5, 0.6) is 0 Å². The van der Waals surface area contributed by atoms with Crippen LogP contribution in [-0.2, 0) is 0 Å². The number of benzene rings is 2. The zero-order valence-corrected chi connectivity index (χ0v) is 11.2. The summed E-state index contributed by atoms with van der Waals surface area (Å²) < 4.78 is 0. The molecule has 1 aromatic heterocycles. The fraction of sp³-hybridized carbons (Fsp3) is 0. The van der Waals surface area contributed by atoms with Crippen LogP contribution >= 0.6 is 0 Å². The Kier molecular flexibility index (Phi) is 3.16. The summed E-state index contributed by atoms with van der Waals surface area (Å²) in [6, 6.07) is 12.8. The summed E-state index contributed by atoms with van der Waals surface area (Å²) in [5.74, 6) is -0.496. The minimum Gasteiger partial charge on any atom is -0.397 e. The van der Waals surface area contributed by atoms with E-state index in [0.717, 1.165) is 22.1 Å². The maximum absolute atomic E-state index is 11.1. The number of aromatic nitrogens is 1. The number of nitrogen functional groups attached to an aromatic ring is 1. The molecule has 0 unspecified atom stereocenters. The molecule has 3 rings (SSSR count). The molecule has 0 bridgehead atoms. The van der Waals surface area contributed by atoms with Gasteiger partial charge < -0.3 is 16.8 Å². The number of rotatable bonds is 3. The normalized spacial score (nSPS) is 10.5. The van der Waals surface area contributed by atoms with E-state index in [2.05, 4.69) is 10.3 Å². The first-order chi connectivity index (χ1) is 10.1. The summed E-state index contributed by atoms with van der Waals surface area (Å²) in [5.41, 5.74) is 13.7. The number of anilines is 3. The average Bonchev–Trinajstić information content (AvgIpc) is 2.49. The molecule has 2 aromatic carbocycles. The van der Waals surface area contributed by atoms with E-state index in [1.165, 1.54) is 0 Å². The lowest BCUT2D eigenvalue weighted by atomic mass is 10.1. The highest BCUT2D eigenvalue weighted by Crippen LogP contribution is 2.29. The third-order valence-electron chi connectivity index (χ3n) is 3.29. The Morgan fingerprint density at radius 2 is 1.95 bits per heavy atom. The lowest BCUT2D eigenvalue weighted by molar-refractivity contribution is 0.100. The van der Waals surface area contributed by atoms with Crippen LogP contribution in [-0.4, -0.2) is 10.9 Å². The van der Waals surface area contributed by atoms with Crippen molar-refractivity contribution in [1.29, 1.82) is 0 Å². The standard InChI is InChI=1S/C16H14N4O/c17-13-8-10(16(18)21)4-5-15(13)20-14-3-1-2-11-9-19-7-6-12(11)14/h1-9,20H,17H2,(H2,18,21). The van der Waals surface area contributed by atoms with Crippen molar-refractivity contribution in [2.45, 2.75) is 0 Å². The van der Waals surface area contributed by atoms with Crippen molar-refractivity contribution < 1.29 is 4.79 Å². The molecule has 1 amide bonds. The summed E-state index contributed by atoms with van der Waals surface area (Å²) >= 11 is 0. The number of nitrogens with one attached hydrogen (secondary N) is 1. The summed E-state index contributed by atoms with van der Waals surface area (Å²) in [7, 11) is 0. The number of carbonyl (C=O) groups is 1. The first-order valence-electron chi connectivity index (χ1n) is 6.44. The molecular weight excluding hydrogens is 264 g/mol. The van der Waals surface area contributed by atoms with Crippen molar-refractivity contribution in [2.24, 2.45) is 5.73 Å². The molecular formula is C16H14N4O. The zero-order chi connectivity index (χ0) is 14.8. The second-order valence-electron chi connectivity index (χ2n) is 4.69. The summed E-state index contributed by atoms with van der Waals surface area (Å²) in [5, 5.41) is 5.36. The maximum Gasteiger partial charge on any atom is 0.248 e. The molecule has 5 nitrogen and oxygen atoms in total. The Morgan fingerprint density at radius 1 is 1.10 bits per heavy atom. The molecule has 5 N–H and O–H groups in total. The van der Waals surface area contributed by atoms with E-state index in [4.69, 9.17) is 11.5 Å². The number of hydrogen-bond acceptors (Lipinski definition) is 4. The Balaban J connectivity index is 2.01. The van der Waals surface area contributed by atoms with Crippen LogP contribution in [0.1, 0.15) is 10.4 Å². The highest BCUT2D eigenvalue weighted by Gasteiger charge is 2.06. The van der Waals surface area contributed by atoms with Gasteiger partial charge in [0.15, 0.2) is 0 Å². The van der Waals surface area contributed by atoms with Crippen LogP contribution in [0, 0.1) is 0 Å². The fourth-order valence-electron chi connectivity index (χ4n) is 2.21. The van der Waals surface area contributed by atoms with Crippen molar-refractivity contribution in [3.8, 4) is 0 Å². The Bertz CT molecular complexity index is 824. The predicted octanol–water partition coefficient (Wildman–Crippen LogP) is 2.66. The topological polar surface area (TPSA) is 94.0 Å². The lowest BCUT2D eigenvalue weighted by Crippen LogP contribution is -2.11. The molecule has 0 aliphatic rings. The monoisotopic (exact) mass is 278 g/mol. The molecule has 0 spiro atoms. The third kappa shape index (κ3) is 2.49. The van der Waals surface area contributed by atoms with Crippen molar-refractivity contribution in [3.63, 3.8) is 0 Å². The summed E-state index contributed by atoms with van der Waals surface area (Å²) in [4.78, 5) is 15.2. The van der Waals surface area contributed by atoms with Gasteiger partial charge in [0.1, 0.15) is 0 Å². The first-order valence-corrected chi connectivity index (χ1v) is 6.44. The number of carbonyl (C=O) groups excluding carboxylic acids is 1. The van der Waals surface area contributed by atoms with Crippen molar-refractivity contribution in [3.05, 3.63) is 60.4 Å². The van der Waals surface area contributed by atoms with Crippen LogP contribution in [0.25, 0.3) is 10.8 Å². The number of primary amides is 1. The maximum atomic E-state index is 11.1. The number of pyridine rings is 1. The highest BCUT2D eigenvalue weighted by atomic mass is 16.1. The van der Waals surface area contributed by atoms with E-state index >= 15 is 0 Å². The minimum atomic E-state index is -0.496. The van der Waals surface area contributed by atoms with E-state index < -0.39 is 5.91 Å². The average molecular weight is 278 g/mol. The van der Waals surface area contributed by atoms with Crippen molar-refractivity contribution in [1.82, 2.24) is 4.98 Å². The molecule has 0 fully saturated rings. The Morgan fingerprint density at radius 3 is 2.71 bits per heavy atom. The Labute approximate surface area is 121 Å². The van der Waals surface area contributed by atoms with Crippen LogP contribution in [0.2, 0.25) is 0 Å². The fourth-order valence-corrected chi connectivity index (χ4v) is 2.21. The van der Waals surface area contributed by atoms with Gasteiger partial charge in [0.25, 0.3) is 0 Å². The first kappa shape index (κ1) is 12.9. The minimum absolute atomic E-state index is 0.389. The molecule has 0 atom stereocenters. The van der Waals surface area contributed by atoms with Gasteiger partial charge >= 0.3 is 0 Å². The van der Waals surface area contributed by atoms with Crippen LogP contribution in [0.15, 0.2) is 54.9 Å². The van der Waals surface area contributed by atoms with Gasteiger partial charge in [-0.25, -0.2) is 0 Å². The number of fused-ring (bicyclic) bond motifs is 1. The van der Waals surface area contributed by atoms with Crippen LogP contribution in [0.3, 0.4) is 0 Å². The zero-order valence-electron chi connectivity index (χ0n) is 11.2. The summed E-state index contributed by atoms with van der Waals surface area (Å²) in [6.07, 6.45) is 3.55. The largest absolute Gasteiger partial charge is 0.397 e. The van der Waals surface area contributed by atoms with Crippen LogP contribution < -0.4 is 16.8 Å². The molecule has 21 heavy (non-hydrogen) atoms. The molecule has 0 saturated heterocycles. The molecule has 0 saturated carbocycles. The molecule has 0 aliphatic carbocycles. The van der Waals surface area contributed by atoms with Gasteiger partial charge in [-0.05, 0) is 30.3 Å². The number of nitrogens with two attached hydrogens (primary N) is 2. The van der Waals surface area contributed by atoms with Gasteiger partial charge in [-0.3, -0.25) is 9.78 Å². The molecule has 3 aromatic rings. The van der Waals surface area contributed by atoms with E-state index in [-0.39, 0.29) is 0 Å². The number of nitrogens with zero attached hydrogens (tertiary/aromatic N) is 1. The molecule has 104 valence electrons. The molecule has 0 aliphatic heterocycles. The van der Waals surface area contributed by atoms with Gasteiger partial charge in [-0.15, -0.1) is 0 Å².